The van der Waals surface area contributed by atoms with Crippen LogP contribution >= 0.6 is 11.6 Å². The zero-order chi connectivity index (χ0) is 17.7. The topological polar surface area (TPSA) is 98.5 Å². The molecule has 2 rings (SSSR count). The van der Waals surface area contributed by atoms with Gasteiger partial charge in [0.2, 0.25) is 0 Å². The van der Waals surface area contributed by atoms with Gasteiger partial charge in [0.1, 0.15) is 0 Å². The molecule has 0 fully saturated rings. The molecule has 0 atom stereocenters. The molecule has 1 amide bonds. The van der Waals surface area contributed by atoms with Gasteiger partial charge in [-0.1, -0.05) is 11.6 Å². The van der Waals surface area contributed by atoms with Gasteiger partial charge in [-0.15, -0.1) is 0 Å². The summed E-state index contributed by atoms with van der Waals surface area (Å²) in [5.41, 5.74) is 0.899. The Labute approximate surface area is 142 Å². The number of anilines is 1. The summed E-state index contributed by atoms with van der Waals surface area (Å²) in [7, 11) is 0. The van der Waals surface area contributed by atoms with Crippen LogP contribution in [0.25, 0.3) is 0 Å². The van der Waals surface area contributed by atoms with Gasteiger partial charge in [0.25, 0.3) is 11.6 Å². The summed E-state index contributed by atoms with van der Waals surface area (Å²) in [6.07, 6.45) is 0. The molecule has 0 spiro atoms. The van der Waals surface area contributed by atoms with Crippen LogP contribution in [0, 0.1) is 17.0 Å². The van der Waals surface area contributed by atoms with Crippen molar-refractivity contribution in [1.82, 2.24) is 0 Å². The average molecular weight is 349 g/mol. The van der Waals surface area contributed by atoms with E-state index in [2.05, 4.69) is 5.32 Å². The number of nitrogens with zero attached hydrogens (tertiary/aromatic N) is 1. The molecule has 0 aliphatic rings. The number of ether oxygens (including phenoxy) is 1. The predicted octanol–water partition coefficient (Wildman–Crippen LogP) is 3.35. The molecule has 8 heteroatoms. The molecule has 0 saturated carbocycles. The third-order valence-electron chi connectivity index (χ3n) is 3.09. The van der Waals surface area contributed by atoms with Gasteiger partial charge in [-0.3, -0.25) is 14.9 Å². The average Bonchev–Trinajstić information content (AvgIpc) is 2.54. The van der Waals surface area contributed by atoms with E-state index in [0.29, 0.717) is 16.3 Å². The number of halogens is 1. The number of carbonyl (C=O) groups excluding carboxylic acids is 2. The van der Waals surface area contributed by atoms with Gasteiger partial charge in [-0.05, 0) is 43.3 Å². The zero-order valence-corrected chi connectivity index (χ0v) is 13.4. The van der Waals surface area contributed by atoms with Crippen molar-refractivity contribution < 1.29 is 19.2 Å². The number of hydrogen-bond acceptors (Lipinski definition) is 5. The maximum Gasteiger partial charge on any atom is 0.338 e. The lowest BCUT2D eigenvalue weighted by atomic mass is 10.1. The van der Waals surface area contributed by atoms with E-state index in [4.69, 9.17) is 16.3 Å². The van der Waals surface area contributed by atoms with E-state index >= 15 is 0 Å². The molecule has 0 bridgehead atoms. The fourth-order valence-corrected chi connectivity index (χ4v) is 2.06. The van der Waals surface area contributed by atoms with Crippen LogP contribution in [0.4, 0.5) is 11.4 Å². The second kappa shape index (κ2) is 7.56. The molecular weight excluding hydrogens is 336 g/mol. The van der Waals surface area contributed by atoms with Crippen molar-refractivity contribution in [2.24, 2.45) is 0 Å². The number of aryl methyl sites for hydroxylation is 1. The number of carbonyl (C=O) groups is 2. The molecule has 0 aromatic heterocycles. The zero-order valence-electron chi connectivity index (χ0n) is 12.6. The van der Waals surface area contributed by atoms with E-state index in [0.717, 1.165) is 0 Å². The molecule has 24 heavy (non-hydrogen) atoms. The minimum atomic E-state index is -0.737. The van der Waals surface area contributed by atoms with Crippen LogP contribution < -0.4 is 5.32 Å². The monoisotopic (exact) mass is 348 g/mol. The number of nitro groups is 1. The molecule has 0 radical (unpaired) electrons. The Balaban J connectivity index is 1.92. The first-order valence-electron chi connectivity index (χ1n) is 6.84. The maximum absolute atomic E-state index is 11.9. The van der Waals surface area contributed by atoms with Crippen molar-refractivity contribution >= 4 is 34.9 Å². The Morgan fingerprint density at radius 1 is 1.21 bits per heavy atom. The van der Waals surface area contributed by atoms with E-state index < -0.39 is 23.4 Å². The number of hydrogen-bond donors (Lipinski definition) is 1. The fraction of sp³-hybridized carbons (Fsp3) is 0.125. The summed E-state index contributed by atoms with van der Waals surface area (Å²) in [4.78, 5) is 33.8. The Morgan fingerprint density at radius 2 is 1.88 bits per heavy atom. The number of benzene rings is 2. The van der Waals surface area contributed by atoms with Gasteiger partial charge >= 0.3 is 5.97 Å². The molecule has 124 valence electrons. The Morgan fingerprint density at radius 3 is 2.46 bits per heavy atom. The normalized spacial score (nSPS) is 10.1. The fourth-order valence-electron chi connectivity index (χ4n) is 1.93. The van der Waals surface area contributed by atoms with Crippen molar-refractivity contribution in [3.63, 3.8) is 0 Å². The second-order valence-corrected chi connectivity index (χ2v) is 5.33. The van der Waals surface area contributed by atoms with Crippen molar-refractivity contribution in [1.29, 1.82) is 0 Å². The van der Waals surface area contributed by atoms with Crippen LogP contribution in [0.15, 0.2) is 42.5 Å². The molecule has 2 aromatic rings. The number of amides is 1. The highest BCUT2D eigenvalue weighted by Gasteiger charge is 2.15. The highest BCUT2D eigenvalue weighted by atomic mass is 35.5. The van der Waals surface area contributed by atoms with Gasteiger partial charge in [-0.25, -0.2) is 4.79 Å². The van der Waals surface area contributed by atoms with E-state index in [1.807, 2.05) is 0 Å². The molecule has 0 aliphatic carbocycles. The summed E-state index contributed by atoms with van der Waals surface area (Å²) in [6.45, 7) is 1.04. The third-order valence-corrected chi connectivity index (χ3v) is 3.34. The second-order valence-electron chi connectivity index (χ2n) is 4.89. The van der Waals surface area contributed by atoms with Gasteiger partial charge in [-0.2, -0.15) is 0 Å². The minimum Gasteiger partial charge on any atom is -0.452 e. The SMILES string of the molecule is Cc1cc(C(=O)OCC(=O)Nc2ccc(Cl)cc2)ccc1[N+](=O)[O-]. The lowest BCUT2D eigenvalue weighted by Gasteiger charge is -2.07. The first-order valence-corrected chi connectivity index (χ1v) is 7.22. The highest BCUT2D eigenvalue weighted by Crippen LogP contribution is 2.19. The largest absolute Gasteiger partial charge is 0.452 e. The van der Waals surface area contributed by atoms with Crippen LogP contribution in [-0.4, -0.2) is 23.4 Å². The van der Waals surface area contributed by atoms with Crippen LogP contribution in [-0.2, 0) is 9.53 Å². The summed E-state index contributed by atoms with van der Waals surface area (Å²) < 4.78 is 4.89. The molecule has 0 unspecified atom stereocenters. The first-order chi connectivity index (χ1) is 11.4. The summed E-state index contributed by atoms with van der Waals surface area (Å²) in [5, 5.41) is 13.8. The number of nitrogens with one attached hydrogen (secondary N) is 1. The standard InChI is InChI=1S/C16H13ClN2O5/c1-10-8-11(2-7-14(10)19(22)23)16(21)24-9-15(20)18-13-5-3-12(17)4-6-13/h2-8H,9H2,1H3,(H,18,20). The summed E-state index contributed by atoms with van der Waals surface area (Å²) >= 11 is 5.74. The van der Waals surface area contributed by atoms with Gasteiger partial charge in [0, 0.05) is 22.3 Å². The van der Waals surface area contributed by atoms with E-state index in [1.165, 1.54) is 25.1 Å². The smallest absolute Gasteiger partial charge is 0.338 e. The van der Waals surface area contributed by atoms with Crippen LogP contribution in [0.5, 0.6) is 0 Å². The molecular formula is C16H13ClN2O5. The highest BCUT2D eigenvalue weighted by molar-refractivity contribution is 6.30. The maximum atomic E-state index is 11.9. The lowest BCUT2D eigenvalue weighted by Crippen LogP contribution is -2.21. The number of rotatable bonds is 5. The van der Waals surface area contributed by atoms with Crippen molar-refractivity contribution in [2.75, 3.05) is 11.9 Å². The minimum absolute atomic E-state index is 0.0907. The number of esters is 1. The van der Waals surface area contributed by atoms with E-state index in [-0.39, 0.29) is 11.3 Å². The molecule has 0 saturated heterocycles. The molecule has 0 aliphatic heterocycles. The van der Waals surface area contributed by atoms with E-state index in [9.17, 15) is 19.7 Å². The third kappa shape index (κ3) is 4.53. The molecule has 2 aromatic carbocycles. The Hall–Kier alpha value is -2.93. The van der Waals surface area contributed by atoms with E-state index in [1.54, 1.807) is 24.3 Å². The van der Waals surface area contributed by atoms with Crippen molar-refractivity contribution in [2.45, 2.75) is 6.92 Å². The van der Waals surface area contributed by atoms with Gasteiger partial charge < -0.3 is 10.1 Å². The first kappa shape index (κ1) is 17.4. The lowest BCUT2D eigenvalue weighted by molar-refractivity contribution is -0.385. The summed E-state index contributed by atoms with van der Waals surface area (Å²) in [6, 6.07) is 10.3. The molecule has 1 N–H and O–H groups in total. The predicted molar refractivity (Wildman–Crippen MR) is 88.2 cm³/mol. The quantitative estimate of drug-likeness (QED) is 0.507. The Kier molecular flexibility index (Phi) is 5.49. The van der Waals surface area contributed by atoms with Crippen LogP contribution in [0.2, 0.25) is 5.02 Å². The van der Waals surface area contributed by atoms with Crippen molar-refractivity contribution in [3.8, 4) is 0 Å². The Bertz CT molecular complexity index is 790. The van der Waals surface area contributed by atoms with Crippen LogP contribution in [0.1, 0.15) is 15.9 Å². The number of nitro benzene ring substituents is 1. The van der Waals surface area contributed by atoms with Crippen molar-refractivity contribution in [3.05, 3.63) is 68.7 Å². The molecule has 0 heterocycles. The van der Waals surface area contributed by atoms with Gasteiger partial charge in [0.15, 0.2) is 6.61 Å². The van der Waals surface area contributed by atoms with Crippen LogP contribution in [0.3, 0.4) is 0 Å². The van der Waals surface area contributed by atoms with Gasteiger partial charge in [0.05, 0.1) is 10.5 Å². The molecule has 7 nitrogen and oxygen atoms in total. The summed E-state index contributed by atoms with van der Waals surface area (Å²) in [5.74, 6) is -1.25.